The molecule has 2 aromatic carbocycles. The molecular formula is C13H10ClFN2O2S2. The average Bonchev–Trinajstić information content (AvgIpc) is 2.44. The Kier molecular flexibility index (Phi) is 4.46. The minimum atomic E-state index is -4.04. The van der Waals surface area contributed by atoms with E-state index in [-0.39, 0.29) is 26.2 Å². The van der Waals surface area contributed by atoms with E-state index in [1.807, 2.05) is 0 Å². The van der Waals surface area contributed by atoms with Gasteiger partial charge in [-0.25, -0.2) is 12.8 Å². The van der Waals surface area contributed by atoms with Gasteiger partial charge in [0.1, 0.15) is 4.99 Å². The fourth-order valence-corrected chi connectivity index (χ4v) is 3.39. The zero-order chi connectivity index (χ0) is 15.6. The van der Waals surface area contributed by atoms with E-state index in [1.165, 1.54) is 36.4 Å². The van der Waals surface area contributed by atoms with Gasteiger partial charge in [-0.2, -0.15) is 0 Å². The first-order valence-corrected chi connectivity index (χ1v) is 7.95. The van der Waals surface area contributed by atoms with Crippen LogP contribution in [0.4, 0.5) is 10.1 Å². The van der Waals surface area contributed by atoms with Crippen molar-refractivity contribution in [3.63, 3.8) is 0 Å². The second-order valence-electron chi connectivity index (χ2n) is 4.07. The summed E-state index contributed by atoms with van der Waals surface area (Å²) in [6.07, 6.45) is 0. The highest BCUT2D eigenvalue weighted by Gasteiger charge is 2.21. The van der Waals surface area contributed by atoms with Crippen molar-refractivity contribution in [3.05, 3.63) is 58.9 Å². The lowest BCUT2D eigenvalue weighted by molar-refractivity contribution is 0.598. The Morgan fingerprint density at radius 2 is 1.86 bits per heavy atom. The highest BCUT2D eigenvalue weighted by Crippen LogP contribution is 2.25. The molecule has 0 aliphatic carbocycles. The third kappa shape index (κ3) is 3.31. The number of halogens is 2. The summed E-state index contributed by atoms with van der Waals surface area (Å²) >= 11 is 10.4. The van der Waals surface area contributed by atoms with Gasteiger partial charge < -0.3 is 5.73 Å². The first-order chi connectivity index (χ1) is 9.83. The number of thiocarbonyl (C=S) groups is 1. The van der Waals surface area contributed by atoms with Gasteiger partial charge in [0.05, 0.1) is 15.6 Å². The zero-order valence-electron chi connectivity index (χ0n) is 10.5. The summed E-state index contributed by atoms with van der Waals surface area (Å²) in [6, 6.07) is 9.95. The van der Waals surface area contributed by atoms with Gasteiger partial charge in [-0.1, -0.05) is 48.1 Å². The van der Waals surface area contributed by atoms with Gasteiger partial charge in [0, 0.05) is 5.56 Å². The number of anilines is 1. The van der Waals surface area contributed by atoms with E-state index in [9.17, 15) is 12.8 Å². The van der Waals surface area contributed by atoms with Crippen molar-refractivity contribution < 1.29 is 12.8 Å². The summed E-state index contributed by atoms with van der Waals surface area (Å²) < 4.78 is 40.6. The Morgan fingerprint density at radius 3 is 2.52 bits per heavy atom. The van der Waals surface area contributed by atoms with Crippen LogP contribution >= 0.6 is 23.8 Å². The van der Waals surface area contributed by atoms with Crippen LogP contribution in [0.3, 0.4) is 0 Å². The first kappa shape index (κ1) is 15.7. The summed E-state index contributed by atoms with van der Waals surface area (Å²) in [4.78, 5) is -0.195. The smallest absolute Gasteiger partial charge is 0.262 e. The van der Waals surface area contributed by atoms with Gasteiger partial charge in [-0.3, -0.25) is 4.72 Å². The number of nitrogens with one attached hydrogen (secondary N) is 1. The Bertz CT molecular complexity index is 810. The highest BCUT2D eigenvalue weighted by atomic mass is 35.5. The first-order valence-electron chi connectivity index (χ1n) is 5.68. The molecule has 0 atom stereocenters. The molecule has 3 N–H and O–H groups in total. The topological polar surface area (TPSA) is 72.2 Å². The predicted octanol–water partition coefficient (Wildman–Crippen LogP) is 2.91. The average molecular weight is 345 g/mol. The van der Waals surface area contributed by atoms with Crippen molar-refractivity contribution in [1.82, 2.24) is 0 Å². The lowest BCUT2D eigenvalue weighted by atomic mass is 10.2. The predicted molar refractivity (Wildman–Crippen MR) is 84.5 cm³/mol. The third-order valence-electron chi connectivity index (χ3n) is 2.64. The maximum Gasteiger partial charge on any atom is 0.262 e. The number of hydrogen-bond donors (Lipinski definition) is 2. The van der Waals surface area contributed by atoms with Crippen LogP contribution in [0.5, 0.6) is 0 Å². The van der Waals surface area contributed by atoms with Crippen LogP contribution in [0, 0.1) is 5.82 Å². The van der Waals surface area contributed by atoms with Gasteiger partial charge in [-0.05, 0) is 18.2 Å². The highest BCUT2D eigenvalue weighted by molar-refractivity contribution is 7.93. The second kappa shape index (κ2) is 5.97. The van der Waals surface area contributed by atoms with Gasteiger partial charge in [0.25, 0.3) is 10.0 Å². The molecule has 0 saturated carbocycles. The summed E-state index contributed by atoms with van der Waals surface area (Å²) in [7, 11) is -4.04. The fourth-order valence-electron chi connectivity index (χ4n) is 1.69. The van der Waals surface area contributed by atoms with Crippen LogP contribution in [0.15, 0.2) is 47.4 Å². The zero-order valence-corrected chi connectivity index (χ0v) is 12.9. The molecule has 0 radical (unpaired) electrons. The molecular weight excluding hydrogens is 335 g/mol. The summed E-state index contributed by atoms with van der Waals surface area (Å²) in [5, 5.41) is -0.183. The van der Waals surface area contributed by atoms with Gasteiger partial charge in [-0.15, -0.1) is 0 Å². The molecule has 0 heterocycles. The Balaban J connectivity index is 2.49. The van der Waals surface area contributed by atoms with Crippen LogP contribution in [-0.4, -0.2) is 13.4 Å². The lowest BCUT2D eigenvalue weighted by Gasteiger charge is -2.12. The lowest BCUT2D eigenvalue weighted by Crippen LogP contribution is -2.20. The Morgan fingerprint density at radius 1 is 1.19 bits per heavy atom. The molecule has 2 aromatic rings. The van der Waals surface area contributed by atoms with Gasteiger partial charge in [0.15, 0.2) is 5.82 Å². The number of benzene rings is 2. The van der Waals surface area contributed by atoms with Crippen molar-refractivity contribution in [2.24, 2.45) is 5.73 Å². The maximum atomic E-state index is 13.8. The van der Waals surface area contributed by atoms with Crippen molar-refractivity contribution in [2.75, 3.05) is 4.72 Å². The van der Waals surface area contributed by atoms with Gasteiger partial charge in [0.2, 0.25) is 0 Å². The number of hydrogen-bond acceptors (Lipinski definition) is 3. The van der Waals surface area contributed by atoms with Crippen molar-refractivity contribution in [3.8, 4) is 0 Å². The summed E-state index contributed by atoms with van der Waals surface area (Å²) in [5.74, 6) is -0.851. The summed E-state index contributed by atoms with van der Waals surface area (Å²) in [5.41, 5.74) is 5.44. The minimum absolute atomic E-state index is 0.0671. The third-order valence-corrected chi connectivity index (χ3v) is 4.57. The molecule has 0 spiro atoms. The molecule has 0 bridgehead atoms. The number of sulfonamides is 1. The van der Waals surface area contributed by atoms with E-state index in [4.69, 9.17) is 29.6 Å². The van der Waals surface area contributed by atoms with Crippen LogP contribution in [-0.2, 0) is 10.0 Å². The maximum absolute atomic E-state index is 13.8. The van der Waals surface area contributed by atoms with Gasteiger partial charge >= 0.3 is 0 Å². The van der Waals surface area contributed by atoms with Crippen LogP contribution in [0.2, 0.25) is 5.02 Å². The van der Waals surface area contributed by atoms with E-state index in [2.05, 4.69) is 4.72 Å². The van der Waals surface area contributed by atoms with Crippen LogP contribution in [0.1, 0.15) is 5.56 Å². The quantitative estimate of drug-likeness (QED) is 0.836. The number of rotatable bonds is 4. The molecule has 0 aliphatic rings. The van der Waals surface area contributed by atoms with E-state index in [0.29, 0.717) is 0 Å². The fraction of sp³-hybridized carbons (Fsp3) is 0. The molecule has 0 amide bonds. The Hall–Kier alpha value is -1.70. The molecule has 0 unspecified atom stereocenters. The molecule has 0 saturated heterocycles. The van der Waals surface area contributed by atoms with Crippen LogP contribution in [0.25, 0.3) is 0 Å². The number of nitrogens with two attached hydrogens (primary N) is 1. The molecule has 4 nitrogen and oxygen atoms in total. The SMILES string of the molecule is NC(=S)c1ccccc1S(=O)(=O)Nc1cccc(Cl)c1F. The largest absolute Gasteiger partial charge is 0.389 e. The van der Waals surface area contributed by atoms with Crippen LogP contribution < -0.4 is 10.5 Å². The van der Waals surface area contributed by atoms with E-state index < -0.39 is 15.8 Å². The molecule has 110 valence electrons. The monoisotopic (exact) mass is 344 g/mol. The van der Waals surface area contributed by atoms with E-state index in [1.54, 1.807) is 6.07 Å². The molecule has 0 aromatic heterocycles. The molecule has 2 rings (SSSR count). The molecule has 0 aliphatic heterocycles. The molecule has 8 heteroatoms. The second-order valence-corrected chi connectivity index (χ2v) is 6.57. The molecule has 0 fully saturated rings. The molecule has 21 heavy (non-hydrogen) atoms. The standard InChI is InChI=1S/C13H10ClFN2O2S2/c14-9-5-3-6-10(12(9)15)17-21(18,19)11-7-2-1-4-8(11)13(16)20/h1-7,17H,(H2,16,20). The van der Waals surface area contributed by atoms with E-state index in [0.717, 1.165) is 0 Å². The van der Waals surface area contributed by atoms with Crippen molar-refractivity contribution >= 4 is 44.5 Å². The van der Waals surface area contributed by atoms with Crippen molar-refractivity contribution in [2.45, 2.75) is 4.90 Å². The summed E-state index contributed by atoms with van der Waals surface area (Å²) in [6.45, 7) is 0. The van der Waals surface area contributed by atoms with Crippen molar-refractivity contribution in [1.29, 1.82) is 0 Å². The minimum Gasteiger partial charge on any atom is -0.389 e. The van der Waals surface area contributed by atoms with E-state index >= 15 is 0 Å². The normalized spacial score (nSPS) is 11.1. The Labute approximate surface area is 131 Å².